The van der Waals surface area contributed by atoms with Crippen molar-refractivity contribution in [2.24, 2.45) is 5.41 Å². The highest BCUT2D eigenvalue weighted by Gasteiger charge is 2.51. The number of benzene rings is 1. The van der Waals surface area contributed by atoms with E-state index in [2.05, 4.69) is 56.9 Å². The summed E-state index contributed by atoms with van der Waals surface area (Å²) in [4.78, 5) is 7.37. The minimum absolute atomic E-state index is 0.157. The van der Waals surface area contributed by atoms with E-state index in [1.165, 1.54) is 60.9 Å². The minimum atomic E-state index is 0.157. The summed E-state index contributed by atoms with van der Waals surface area (Å²) in [6, 6.07) is 9.29. The second-order valence-electron chi connectivity index (χ2n) is 8.67. The summed E-state index contributed by atoms with van der Waals surface area (Å²) in [6.07, 6.45) is 8.50. The third-order valence-corrected chi connectivity index (χ3v) is 7.05. The molecule has 5 nitrogen and oxygen atoms in total. The summed E-state index contributed by atoms with van der Waals surface area (Å²) in [6.45, 7) is 6.58. The van der Waals surface area contributed by atoms with Crippen LogP contribution in [0.1, 0.15) is 61.6 Å². The van der Waals surface area contributed by atoms with Crippen molar-refractivity contribution in [1.82, 2.24) is 19.6 Å². The average molecular weight is 374 g/mol. The van der Waals surface area contributed by atoms with Gasteiger partial charge in [0.15, 0.2) is 5.82 Å². The summed E-state index contributed by atoms with van der Waals surface area (Å²) >= 11 is 0. The fourth-order valence-electron chi connectivity index (χ4n) is 6.16. The van der Waals surface area contributed by atoms with E-state index in [-0.39, 0.29) is 5.41 Å². The molecule has 0 spiro atoms. The van der Waals surface area contributed by atoms with Crippen molar-refractivity contribution in [2.45, 2.75) is 52.0 Å². The van der Waals surface area contributed by atoms with Crippen LogP contribution in [-0.4, -0.2) is 32.7 Å². The maximum absolute atomic E-state index is 5.70. The molecule has 3 aliphatic heterocycles. The Kier molecular flexibility index (Phi) is 3.43. The maximum Gasteiger partial charge on any atom is 0.274 e. The normalized spacial score (nSPS) is 26.4. The quantitative estimate of drug-likeness (QED) is 0.666. The lowest BCUT2D eigenvalue weighted by atomic mass is 9.65. The van der Waals surface area contributed by atoms with E-state index < -0.39 is 0 Å². The second-order valence-corrected chi connectivity index (χ2v) is 8.67. The molecule has 5 heteroatoms. The zero-order chi connectivity index (χ0) is 18.9. The first-order chi connectivity index (χ1) is 13.7. The summed E-state index contributed by atoms with van der Waals surface area (Å²) in [5.41, 5.74) is 5.53. The van der Waals surface area contributed by atoms with Crippen LogP contribution in [0, 0.1) is 12.3 Å². The van der Waals surface area contributed by atoms with E-state index in [0.717, 1.165) is 12.1 Å². The molecule has 0 aliphatic carbocycles. The number of rotatable bonds is 3. The van der Waals surface area contributed by atoms with Crippen LogP contribution >= 0.6 is 0 Å². The van der Waals surface area contributed by atoms with Crippen LogP contribution in [0.25, 0.3) is 16.6 Å². The molecule has 0 N–H and O–H groups in total. The smallest absolute Gasteiger partial charge is 0.274 e. The first-order valence-corrected chi connectivity index (χ1v) is 10.6. The van der Waals surface area contributed by atoms with Gasteiger partial charge in [-0.3, -0.25) is 4.90 Å². The Morgan fingerprint density at radius 2 is 2.14 bits per heavy atom. The Labute approximate surface area is 165 Å². The van der Waals surface area contributed by atoms with E-state index in [4.69, 9.17) is 4.52 Å². The molecule has 3 aliphatic rings. The molecule has 1 aromatic carbocycles. The number of hydrogen-bond donors (Lipinski definition) is 0. The van der Waals surface area contributed by atoms with Crippen LogP contribution in [0.3, 0.4) is 0 Å². The first-order valence-electron chi connectivity index (χ1n) is 10.6. The topological polar surface area (TPSA) is 47.1 Å². The molecule has 1 saturated heterocycles. The number of para-hydroxylation sites is 1. The van der Waals surface area contributed by atoms with Crippen molar-refractivity contribution in [3.05, 3.63) is 53.3 Å². The fourth-order valence-corrected chi connectivity index (χ4v) is 6.16. The summed E-state index contributed by atoms with van der Waals surface area (Å²) < 4.78 is 8.14. The van der Waals surface area contributed by atoms with Gasteiger partial charge in [0.05, 0.1) is 11.6 Å². The van der Waals surface area contributed by atoms with Crippen LogP contribution in [0.4, 0.5) is 0 Å². The zero-order valence-electron chi connectivity index (χ0n) is 16.6. The Morgan fingerprint density at radius 1 is 1.25 bits per heavy atom. The molecule has 2 atom stereocenters. The number of aryl methyl sites for hydroxylation is 1. The van der Waals surface area contributed by atoms with Crippen LogP contribution in [0.5, 0.6) is 0 Å². The standard InChI is InChI=1S/C23H26N4O/c1-3-10-23-11-6-12-26-13-9-17-16-7-4-5-8-18(16)27(20(17)21(23)26)19(14-23)22-24-15(2)25-28-22/h4-5,7-8,14,21H,3,6,9-13H2,1-2H3/t21-,23+/m1/s1. The van der Waals surface area contributed by atoms with E-state index in [1.54, 1.807) is 0 Å². The lowest BCUT2D eigenvalue weighted by Crippen LogP contribution is -2.50. The third-order valence-electron chi connectivity index (χ3n) is 7.05. The number of aromatic nitrogens is 3. The molecule has 5 heterocycles. The fraction of sp³-hybridized carbons (Fsp3) is 0.478. The predicted molar refractivity (Wildman–Crippen MR) is 109 cm³/mol. The Balaban J connectivity index is 1.72. The molecule has 0 bridgehead atoms. The minimum Gasteiger partial charge on any atom is -0.332 e. The summed E-state index contributed by atoms with van der Waals surface area (Å²) in [5, 5.41) is 5.49. The van der Waals surface area contributed by atoms with E-state index in [9.17, 15) is 0 Å². The van der Waals surface area contributed by atoms with Gasteiger partial charge in [-0.25, -0.2) is 0 Å². The molecule has 1 fully saturated rings. The Hall–Kier alpha value is -2.40. The van der Waals surface area contributed by atoms with E-state index in [1.807, 2.05) is 6.92 Å². The second kappa shape index (κ2) is 5.80. The molecule has 3 aromatic rings. The molecule has 0 unspecified atom stereocenters. The molecular weight excluding hydrogens is 348 g/mol. The third kappa shape index (κ3) is 2.05. The number of hydrogen-bond acceptors (Lipinski definition) is 4. The predicted octanol–water partition coefficient (Wildman–Crippen LogP) is 4.72. The van der Waals surface area contributed by atoms with Crippen molar-refractivity contribution < 1.29 is 4.52 Å². The highest BCUT2D eigenvalue weighted by molar-refractivity contribution is 5.91. The van der Waals surface area contributed by atoms with Gasteiger partial charge in [0.2, 0.25) is 0 Å². The molecule has 2 aromatic heterocycles. The highest BCUT2D eigenvalue weighted by Crippen LogP contribution is 2.57. The summed E-state index contributed by atoms with van der Waals surface area (Å²) in [7, 11) is 0. The molecule has 28 heavy (non-hydrogen) atoms. The molecular formula is C23H26N4O. The van der Waals surface area contributed by atoms with Gasteiger partial charge < -0.3 is 9.09 Å². The highest BCUT2D eigenvalue weighted by atomic mass is 16.5. The van der Waals surface area contributed by atoms with Crippen molar-refractivity contribution in [3.63, 3.8) is 0 Å². The first kappa shape index (κ1) is 16.5. The van der Waals surface area contributed by atoms with Crippen LogP contribution in [0.2, 0.25) is 0 Å². The van der Waals surface area contributed by atoms with Crippen molar-refractivity contribution in [2.75, 3.05) is 13.1 Å². The average Bonchev–Trinajstić information content (AvgIpc) is 3.29. The van der Waals surface area contributed by atoms with Gasteiger partial charge in [0.25, 0.3) is 5.89 Å². The SMILES string of the molecule is CCC[C@@]12C=C(c3nc(C)no3)n3c4c(c5ccccc53)CCN(CCC1)[C@H]42. The van der Waals surface area contributed by atoms with Crippen LogP contribution in [0.15, 0.2) is 34.9 Å². The molecule has 0 amide bonds. The van der Waals surface area contributed by atoms with Crippen molar-refractivity contribution in [1.29, 1.82) is 0 Å². The van der Waals surface area contributed by atoms with Gasteiger partial charge in [0.1, 0.15) is 5.70 Å². The van der Waals surface area contributed by atoms with Crippen molar-refractivity contribution >= 4 is 16.6 Å². The van der Waals surface area contributed by atoms with Crippen molar-refractivity contribution in [3.8, 4) is 0 Å². The van der Waals surface area contributed by atoms with E-state index in [0.29, 0.717) is 17.8 Å². The van der Waals surface area contributed by atoms with Gasteiger partial charge in [-0.15, -0.1) is 0 Å². The molecule has 0 saturated carbocycles. The van der Waals surface area contributed by atoms with Gasteiger partial charge in [0, 0.05) is 23.0 Å². The van der Waals surface area contributed by atoms with Gasteiger partial charge >= 0.3 is 0 Å². The lowest BCUT2D eigenvalue weighted by Gasteiger charge is -2.53. The maximum atomic E-state index is 5.70. The lowest BCUT2D eigenvalue weighted by molar-refractivity contribution is 0.0234. The number of nitrogens with zero attached hydrogens (tertiary/aromatic N) is 4. The molecule has 6 rings (SSSR count). The molecule has 0 radical (unpaired) electrons. The van der Waals surface area contributed by atoms with Crippen LogP contribution < -0.4 is 0 Å². The van der Waals surface area contributed by atoms with Gasteiger partial charge in [-0.05, 0) is 56.9 Å². The Bertz CT molecular complexity index is 1100. The largest absolute Gasteiger partial charge is 0.332 e. The Morgan fingerprint density at radius 3 is 2.96 bits per heavy atom. The van der Waals surface area contributed by atoms with Crippen LogP contribution in [-0.2, 0) is 6.42 Å². The van der Waals surface area contributed by atoms with Gasteiger partial charge in [-0.2, -0.15) is 4.98 Å². The van der Waals surface area contributed by atoms with E-state index >= 15 is 0 Å². The molecule has 144 valence electrons. The van der Waals surface area contributed by atoms with Gasteiger partial charge in [-0.1, -0.05) is 36.7 Å². The summed E-state index contributed by atoms with van der Waals surface area (Å²) in [5.74, 6) is 1.34. The zero-order valence-corrected chi connectivity index (χ0v) is 16.6. The number of piperidine rings is 1. The monoisotopic (exact) mass is 374 g/mol. The number of fused-ring (bicyclic) bond motifs is 3.